The monoisotopic (exact) mass is 262 g/mol. The summed E-state index contributed by atoms with van der Waals surface area (Å²) in [5.74, 6) is 1.42. The molecule has 0 spiro atoms. The van der Waals surface area contributed by atoms with E-state index in [-0.39, 0.29) is 11.2 Å². The lowest BCUT2D eigenvalue weighted by molar-refractivity contribution is 0.0927. The minimum absolute atomic E-state index is 0.167. The van der Waals surface area contributed by atoms with Crippen molar-refractivity contribution in [1.29, 1.82) is 0 Å². The van der Waals surface area contributed by atoms with E-state index in [0.29, 0.717) is 18.9 Å². The van der Waals surface area contributed by atoms with Gasteiger partial charge in [-0.15, -0.1) is 0 Å². The van der Waals surface area contributed by atoms with Gasteiger partial charge >= 0.3 is 0 Å². The van der Waals surface area contributed by atoms with Crippen molar-refractivity contribution >= 4 is 5.78 Å². The van der Waals surface area contributed by atoms with Gasteiger partial charge in [0.1, 0.15) is 5.75 Å². The molecule has 0 aromatic heterocycles. The van der Waals surface area contributed by atoms with Gasteiger partial charge in [0, 0.05) is 12.0 Å². The van der Waals surface area contributed by atoms with Gasteiger partial charge in [-0.1, -0.05) is 34.6 Å². The van der Waals surface area contributed by atoms with Crippen molar-refractivity contribution in [3.05, 3.63) is 29.8 Å². The number of rotatable bonds is 6. The maximum absolute atomic E-state index is 12.2. The Labute approximate surface area is 117 Å². The third-order valence-electron chi connectivity index (χ3n) is 3.62. The lowest BCUT2D eigenvalue weighted by atomic mass is 9.78. The molecule has 0 N–H and O–H groups in total. The molecule has 0 heterocycles. The first-order valence-electron chi connectivity index (χ1n) is 7.10. The zero-order valence-electron chi connectivity index (χ0n) is 12.8. The smallest absolute Gasteiger partial charge is 0.163 e. The molecule has 0 fully saturated rings. The normalized spacial score (nSPS) is 13.1. The van der Waals surface area contributed by atoms with Crippen molar-refractivity contribution in [2.24, 2.45) is 11.3 Å². The Kier molecular flexibility index (Phi) is 5.59. The SMILES string of the molecule is CCCOc1ccc(C(=O)CC(C)C(C)(C)C)cc1. The molecular formula is C17H26O2. The van der Waals surface area contributed by atoms with Crippen molar-refractivity contribution < 1.29 is 9.53 Å². The van der Waals surface area contributed by atoms with Gasteiger partial charge in [0.05, 0.1) is 6.61 Å². The standard InChI is InChI=1S/C17H26O2/c1-6-11-19-15-9-7-14(8-10-15)16(18)12-13(2)17(3,4)5/h7-10,13H,6,11-12H2,1-5H3. The second kappa shape index (κ2) is 6.74. The van der Waals surface area contributed by atoms with E-state index in [1.54, 1.807) is 0 Å². The molecule has 1 rings (SSSR count). The summed E-state index contributed by atoms with van der Waals surface area (Å²) in [6, 6.07) is 7.49. The number of benzene rings is 1. The second-order valence-corrected chi connectivity index (χ2v) is 6.27. The van der Waals surface area contributed by atoms with E-state index < -0.39 is 0 Å². The average Bonchev–Trinajstić information content (AvgIpc) is 2.35. The molecule has 2 heteroatoms. The van der Waals surface area contributed by atoms with Crippen LogP contribution < -0.4 is 4.74 Å². The maximum atomic E-state index is 12.2. The number of hydrogen-bond acceptors (Lipinski definition) is 2. The molecule has 1 aromatic carbocycles. The van der Waals surface area contributed by atoms with Crippen molar-refractivity contribution in [3.8, 4) is 5.75 Å². The van der Waals surface area contributed by atoms with Crippen LogP contribution in [0.25, 0.3) is 0 Å². The van der Waals surface area contributed by atoms with Gasteiger partial charge in [0.2, 0.25) is 0 Å². The van der Waals surface area contributed by atoms with Gasteiger partial charge in [-0.05, 0) is 42.0 Å². The van der Waals surface area contributed by atoms with Gasteiger partial charge in [-0.2, -0.15) is 0 Å². The van der Waals surface area contributed by atoms with Crippen LogP contribution in [0.5, 0.6) is 5.75 Å². The molecule has 1 atom stereocenters. The predicted molar refractivity (Wildman–Crippen MR) is 79.8 cm³/mol. The lowest BCUT2D eigenvalue weighted by Crippen LogP contribution is -2.20. The van der Waals surface area contributed by atoms with Gasteiger partial charge in [-0.25, -0.2) is 0 Å². The predicted octanol–water partition coefficient (Wildman–Crippen LogP) is 4.73. The van der Waals surface area contributed by atoms with Gasteiger partial charge in [0.25, 0.3) is 0 Å². The summed E-state index contributed by atoms with van der Waals surface area (Å²) < 4.78 is 5.51. The van der Waals surface area contributed by atoms with E-state index in [1.807, 2.05) is 24.3 Å². The summed E-state index contributed by atoms with van der Waals surface area (Å²) in [5, 5.41) is 0. The first-order chi connectivity index (χ1) is 8.84. The zero-order chi connectivity index (χ0) is 14.5. The Balaban J connectivity index is 2.63. The molecule has 0 aliphatic heterocycles. The van der Waals surface area contributed by atoms with E-state index in [2.05, 4.69) is 34.6 Å². The largest absolute Gasteiger partial charge is 0.494 e. The molecule has 0 aliphatic rings. The topological polar surface area (TPSA) is 26.3 Å². The summed E-state index contributed by atoms with van der Waals surface area (Å²) in [7, 11) is 0. The molecule has 2 nitrogen and oxygen atoms in total. The Morgan fingerprint density at radius 3 is 2.26 bits per heavy atom. The van der Waals surface area contributed by atoms with Gasteiger partial charge < -0.3 is 4.74 Å². The summed E-state index contributed by atoms with van der Waals surface area (Å²) in [6.07, 6.45) is 1.59. The first-order valence-corrected chi connectivity index (χ1v) is 7.10. The number of ketones is 1. The van der Waals surface area contributed by atoms with Crippen LogP contribution in [0.1, 0.15) is 57.8 Å². The Morgan fingerprint density at radius 2 is 1.79 bits per heavy atom. The molecule has 0 amide bonds. The maximum Gasteiger partial charge on any atom is 0.163 e. The van der Waals surface area contributed by atoms with Crippen LogP contribution in [0.2, 0.25) is 0 Å². The summed E-state index contributed by atoms with van der Waals surface area (Å²) >= 11 is 0. The van der Waals surface area contributed by atoms with Crippen LogP contribution in [0.15, 0.2) is 24.3 Å². The number of Topliss-reactive ketones (excluding diaryl/α,β-unsaturated/α-hetero) is 1. The van der Waals surface area contributed by atoms with Crippen molar-refractivity contribution in [2.45, 2.75) is 47.5 Å². The summed E-state index contributed by atoms with van der Waals surface area (Å²) in [5.41, 5.74) is 0.944. The van der Waals surface area contributed by atoms with Crippen molar-refractivity contribution in [1.82, 2.24) is 0 Å². The van der Waals surface area contributed by atoms with Gasteiger partial charge in [0.15, 0.2) is 5.78 Å². The highest BCUT2D eigenvalue weighted by Gasteiger charge is 2.23. The number of hydrogen-bond donors (Lipinski definition) is 0. The molecule has 0 aliphatic carbocycles. The van der Waals surface area contributed by atoms with Crippen LogP contribution >= 0.6 is 0 Å². The molecule has 0 saturated heterocycles. The zero-order valence-corrected chi connectivity index (χ0v) is 12.8. The Morgan fingerprint density at radius 1 is 1.21 bits per heavy atom. The fourth-order valence-electron chi connectivity index (χ4n) is 1.66. The fraction of sp³-hybridized carbons (Fsp3) is 0.588. The van der Waals surface area contributed by atoms with Gasteiger partial charge in [-0.3, -0.25) is 4.79 Å². The highest BCUT2D eigenvalue weighted by atomic mass is 16.5. The minimum Gasteiger partial charge on any atom is -0.494 e. The van der Waals surface area contributed by atoms with Crippen LogP contribution in [0.3, 0.4) is 0 Å². The quantitative estimate of drug-likeness (QED) is 0.693. The highest BCUT2D eigenvalue weighted by molar-refractivity contribution is 5.96. The molecule has 19 heavy (non-hydrogen) atoms. The van der Waals surface area contributed by atoms with Crippen LogP contribution in [0.4, 0.5) is 0 Å². The van der Waals surface area contributed by atoms with Crippen LogP contribution in [-0.4, -0.2) is 12.4 Å². The Hall–Kier alpha value is -1.31. The lowest BCUT2D eigenvalue weighted by Gasteiger charge is -2.26. The third-order valence-corrected chi connectivity index (χ3v) is 3.62. The minimum atomic E-state index is 0.167. The molecule has 1 unspecified atom stereocenters. The number of ether oxygens (including phenoxy) is 1. The summed E-state index contributed by atoms with van der Waals surface area (Å²) in [6.45, 7) is 11.4. The van der Waals surface area contributed by atoms with E-state index in [4.69, 9.17) is 4.74 Å². The van der Waals surface area contributed by atoms with Crippen LogP contribution in [-0.2, 0) is 0 Å². The van der Waals surface area contributed by atoms with Crippen molar-refractivity contribution in [2.75, 3.05) is 6.61 Å². The molecule has 0 bridgehead atoms. The molecular weight excluding hydrogens is 236 g/mol. The molecule has 106 valence electrons. The van der Waals surface area contributed by atoms with Crippen molar-refractivity contribution in [3.63, 3.8) is 0 Å². The fourth-order valence-corrected chi connectivity index (χ4v) is 1.66. The number of carbonyl (C=O) groups excluding carboxylic acids is 1. The third kappa shape index (κ3) is 5.06. The second-order valence-electron chi connectivity index (χ2n) is 6.27. The average molecular weight is 262 g/mol. The molecule has 0 saturated carbocycles. The Bertz CT molecular complexity index is 398. The van der Waals surface area contributed by atoms with E-state index in [1.165, 1.54) is 0 Å². The number of carbonyl (C=O) groups is 1. The molecule has 1 aromatic rings. The first kappa shape index (κ1) is 15.7. The van der Waals surface area contributed by atoms with Crippen LogP contribution in [0, 0.1) is 11.3 Å². The molecule has 0 radical (unpaired) electrons. The summed E-state index contributed by atoms with van der Waals surface area (Å²) in [4.78, 5) is 12.2. The van der Waals surface area contributed by atoms with E-state index >= 15 is 0 Å². The highest BCUT2D eigenvalue weighted by Crippen LogP contribution is 2.29. The van der Waals surface area contributed by atoms with E-state index in [9.17, 15) is 4.79 Å². The van der Waals surface area contributed by atoms with E-state index in [0.717, 1.165) is 17.7 Å².